The standard InChI is InChI=1S/C19H19N3O5/c1-26-18-10-14(11-20-21-19(23)15-5-6-15)4-9-17(18)27-12-13-2-7-16(8-3-13)22(24)25/h2-4,7-11,15H,5-6,12H2,1H3,(H,21,23)/b20-11-. The molecule has 0 radical (unpaired) electrons. The molecule has 0 spiro atoms. The lowest BCUT2D eigenvalue weighted by Crippen LogP contribution is -2.18. The molecule has 0 unspecified atom stereocenters. The first-order chi connectivity index (χ1) is 13.1. The molecular weight excluding hydrogens is 350 g/mol. The maximum atomic E-state index is 11.5. The van der Waals surface area contributed by atoms with Crippen LogP contribution in [0.25, 0.3) is 0 Å². The Hall–Kier alpha value is -3.42. The summed E-state index contributed by atoms with van der Waals surface area (Å²) in [5.41, 5.74) is 4.11. The lowest BCUT2D eigenvalue weighted by atomic mass is 10.2. The molecule has 1 aliphatic rings. The SMILES string of the molecule is COc1cc(/C=N\NC(=O)C2CC2)ccc1OCc1ccc([N+](=O)[O-])cc1. The Morgan fingerprint density at radius 2 is 2.00 bits per heavy atom. The topological polar surface area (TPSA) is 103 Å². The molecule has 0 aliphatic heterocycles. The van der Waals surface area contributed by atoms with Crippen molar-refractivity contribution in [3.63, 3.8) is 0 Å². The van der Waals surface area contributed by atoms with Gasteiger partial charge in [0, 0.05) is 18.1 Å². The van der Waals surface area contributed by atoms with Gasteiger partial charge in [-0.2, -0.15) is 5.10 Å². The van der Waals surface area contributed by atoms with Crippen molar-refractivity contribution in [3.8, 4) is 11.5 Å². The molecule has 2 aromatic carbocycles. The largest absolute Gasteiger partial charge is 0.493 e. The predicted molar refractivity (Wildman–Crippen MR) is 98.9 cm³/mol. The zero-order chi connectivity index (χ0) is 19.2. The number of hydrogen-bond acceptors (Lipinski definition) is 6. The minimum atomic E-state index is -0.443. The quantitative estimate of drug-likeness (QED) is 0.438. The third-order valence-corrected chi connectivity index (χ3v) is 4.07. The molecule has 1 amide bonds. The van der Waals surface area contributed by atoms with Crippen LogP contribution < -0.4 is 14.9 Å². The molecule has 2 aromatic rings. The molecule has 0 saturated heterocycles. The first kappa shape index (κ1) is 18.4. The molecule has 0 bridgehead atoms. The average molecular weight is 369 g/mol. The number of nitro groups is 1. The Balaban J connectivity index is 1.60. The second kappa shape index (κ2) is 8.31. The van der Waals surface area contributed by atoms with Gasteiger partial charge in [-0.05, 0) is 54.3 Å². The first-order valence-corrected chi connectivity index (χ1v) is 8.44. The molecule has 140 valence electrons. The van der Waals surface area contributed by atoms with Crippen molar-refractivity contribution in [2.75, 3.05) is 7.11 Å². The van der Waals surface area contributed by atoms with E-state index in [4.69, 9.17) is 9.47 Å². The third-order valence-electron chi connectivity index (χ3n) is 4.07. The Morgan fingerprint density at radius 3 is 2.63 bits per heavy atom. The molecule has 1 saturated carbocycles. The predicted octanol–water partition coefficient (Wildman–Crippen LogP) is 3.04. The van der Waals surface area contributed by atoms with E-state index in [1.54, 1.807) is 36.5 Å². The number of hydrogen-bond donors (Lipinski definition) is 1. The maximum Gasteiger partial charge on any atom is 0.269 e. The van der Waals surface area contributed by atoms with Crippen LogP contribution in [0.1, 0.15) is 24.0 Å². The number of rotatable bonds is 8. The first-order valence-electron chi connectivity index (χ1n) is 8.44. The molecule has 0 heterocycles. The van der Waals surface area contributed by atoms with E-state index < -0.39 is 4.92 Å². The Kier molecular flexibility index (Phi) is 5.65. The number of carbonyl (C=O) groups is 1. The number of nitrogens with zero attached hydrogens (tertiary/aromatic N) is 2. The highest BCUT2D eigenvalue weighted by Gasteiger charge is 2.29. The van der Waals surface area contributed by atoms with Gasteiger partial charge in [0.2, 0.25) is 5.91 Å². The molecule has 1 N–H and O–H groups in total. The second-order valence-electron chi connectivity index (χ2n) is 6.13. The van der Waals surface area contributed by atoms with E-state index in [2.05, 4.69) is 10.5 Å². The smallest absolute Gasteiger partial charge is 0.269 e. The molecule has 3 rings (SSSR count). The number of benzene rings is 2. The van der Waals surface area contributed by atoms with Gasteiger partial charge in [-0.25, -0.2) is 5.43 Å². The van der Waals surface area contributed by atoms with E-state index in [0.717, 1.165) is 24.0 Å². The van der Waals surface area contributed by atoms with Gasteiger partial charge in [-0.15, -0.1) is 0 Å². The summed E-state index contributed by atoms with van der Waals surface area (Å²) < 4.78 is 11.1. The van der Waals surface area contributed by atoms with Gasteiger partial charge in [0.15, 0.2) is 11.5 Å². The highest BCUT2D eigenvalue weighted by molar-refractivity contribution is 5.84. The van der Waals surface area contributed by atoms with E-state index in [1.165, 1.54) is 19.2 Å². The zero-order valence-electron chi connectivity index (χ0n) is 14.8. The molecule has 27 heavy (non-hydrogen) atoms. The number of hydrazone groups is 1. The van der Waals surface area contributed by atoms with Crippen LogP contribution in [0.2, 0.25) is 0 Å². The summed E-state index contributed by atoms with van der Waals surface area (Å²) in [6, 6.07) is 11.5. The highest BCUT2D eigenvalue weighted by Crippen LogP contribution is 2.29. The second-order valence-corrected chi connectivity index (χ2v) is 6.13. The van der Waals surface area contributed by atoms with Crippen LogP contribution in [-0.4, -0.2) is 24.2 Å². The number of methoxy groups -OCH3 is 1. The molecule has 0 aromatic heterocycles. The number of non-ortho nitro benzene ring substituents is 1. The summed E-state index contributed by atoms with van der Waals surface area (Å²) in [7, 11) is 1.53. The monoisotopic (exact) mass is 369 g/mol. The number of carbonyl (C=O) groups excluding carboxylic acids is 1. The van der Waals surface area contributed by atoms with Gasteiger partial charge >= 0.3 is 0 Å². The molecule has 8 heteroatoms. The Bertz CT molecular complexity index is 860. The van der Waals surface area contributed by atoms with Crippen molar-refractivity contribution >= 4 is 17.8 Å². The molecule has 1 aliphatic carbocycles. The fraction of sp³-hybridized carbons (Fsp3) is 0.263. The fourth-order valence-electron chi connectivity index (χ4n) is 2.37. The summed E-state index contributed by atoms with van der Waals surface area (Å²) in [5.74, 6) is 1.11. The minimum absolute atomic E-state index is 0.0359. The summed E-state index contributed by atoms with van der Waals surface area (Å²) >= 11 is 0. The van der Waals surface area contributed by atoms with E-state index in [-0.39, 0.29) is 24.1 Å². The van der Waals surface area contributed by atoms with E-state index in [0.29, 0.717) is 11.5 Å². The van der Waals surface area contributed by atoms with Crippen LogP contribution >= 0.6 is 0 Å². The highest BCUT2D eigenvalue weighted by atomic mass is 16.6. The van der Waals surface area contributed by atoms with Crippen LogP contribution in [0.15, 0.2) is 47.6 Å². The number of nitro benzene ring substituents is 1. The van der Waals surface area contributed by atoms with Crippen molar-refractivity contribution < 1.29 is 19.2 Å². The number of ether oxygens (including phenoxy) is 2. The fourth-order valence-corrected chi connectivity index (χ4v) is 2.37. The van der Waals surface area contributed by atoms with Gasteiger partial charge in [0.05, 0.1) is 18.2 Å². The molecule has 8 nitrogen and oxygen atoms in total. The van der Waals surface area contributed by atoms with Gasteiger partial charge in [-0.3, -0.25) is 14.9 Å². The van der Waals surface area contributed by atoms with Gasteiger partial charge in [-0.1, -0.05) is 0 Å². The zero-order valence-corrected chi connectivity index (χ0v) is 14.8. The summed E-state index contributed by atoms with van der Waals surface area (Å²) in [5, 5.41) is 14.6. The number of nitrogens with one attached hydrogen (secondary N) is 1. The van der Waals surface area contributed by atoms with Crippen molar-refractivity contribution in [2.24, 2.45) is 11.0 Å². The van der Waals surface area contributed by atoms with Crippen LogP contribution in [0.3, 0.4) is 0 Å². The summed E-state index contributed by atoms with van der Waals surface area (Å²) in [6.07, 6.45) is 3.40. The van der Waals surface area contributed by atoms with Crippen molar-refractivity contribution in [3.05, 3.63) is 63.7 Å². The molecule has 1 fully saturated rings. The van der Waals surface area contributed by atoms with Crippen LogP contribution in [0.4, 0.5) is 5.69 Å². The van der Waals surface area contributed by atoms with Gasteiger partial charge < -0.3 is 9.47 Å². The van der Waals surface area contributed by atoms with E-state index in [9.17, 15) is 14.9 Å². The van der Waals surface area contributed by atoms with Crippen molar-refractivity contribution in [1.82, 2.24) is 5.43 Å². The van der Waals surface area contributed by atoms with Crippen LogP contribution in [0, 0.1) is 16.0 Å². The lowest BCUT2D eigenvalue weighted by molar-refractivity contribution is -0.384. The summed E-state index contributed by atoms with van der Waals surface area (Å²) in [4.78, 5) is 21.8. The molecule has 0 atom stereocenters. The van der Waals surface area contributed by atoms with Gasteiger partial charge in [0.25, 0.3) is 5.69 Å². The third kappa shape index (κ3) is 5.04. The minimum Gasteiger partial charge on any atom is -0.493 e. The number of amides is 1. The van der Waals surface area contributed by atoms with Crippen molar-refractivity contribution in [1.29, 1.82) is 0 Å². The molecular formula is C19H19N3O5. The van der Waals surface area contributed by atoms with E-state index in [1.807, 2.05) is 0 Å². The van der Waals surface area contributed by atoms with Crippen LogP contribution in [0.5, 0.6) is 11.5 Å². The van der Waals surface area contributed by atoms with Crippen molar-refractivity contribution in [2.45, 2.75) is 19.4 Å². The normalized spacial score (nSPS) is 13.4. The lowest BCUT2D eigenvalue weighted by Gasteiger charge is -2.11. The van der Waals surface area contributed by atoms with Gasteiger partial charge in [0.1, 0.15) is 6.61 Å². The Labute approximate surface area is 155 Å². The van der Waals surface area contributed by atoms with Crippen LogP contribution in [-0.2, 0) is 11.4 Å². The van der Waals surface area contributed by atoms with E-state index >= 15 is 0 Å². The maximum absolute atomic E-state index is 11.5. The Morgan fingerprint density at radius 1 is 1.26 bits per heavy atom. The average Bonchev–Trinajstić information content (AvgIpc) is 3.52. The summed E-state index contributed by atoms with van der Waals surface area (Å²) in [6.45, 7) is 0.249.